The number of hydrogen-bond acceptors (Lipinski definition) is 2. The standard InChI is InChI=1S/C14H16BrNS/c1-10-4-3-5-12(11(10)2)7-16-8-14-6-13(15)9-17-14/h3-6,9,16H,7-8H2,1-2H3. The first-order valence-electron chi connectivity index (χ1n) is 5.65. The van der Waals surface area contributed by atoms with Crippen LogP contribution in [-0.4, -0.2) is 0 Å². The molecule has 0 saturated carbocycles. The number of aryl methyl sites for hydroxylation is 1. The summed E-state index contributed by atoms with van der Waals surface area (Å²) in [5.41, 5.74) is 4.15. The second kappa shape index (κ2) is 5.80. The first-order chi connectivity index (χ1) is 8.16. The second-order valence-corrected chi connectivity index (χ2v) is 6.11. The Bertz CT molecular complexity index is 505. The fourth-order valence-corrected chi connectivity index (χ4v) is 3.19. The summed E-state index contributed by atoms with van der Waals surface area (Å²) < 4.78 is 1.17. The minimum Gasteiger partial charge on any atom is -0.308 e. The van der Waals surface area contributed by atoms with Gasteiger partial charge >= 0.3 is 0 Å². The predicted molar refractivity (Wildman–Crippen MR) is 78.5 cm³/mol. The quantitative estimate of drug-likeness (QED) is 0.881. The second-order valence-electron chi connectivity index (χ2n) is 4.19. The largest absolute Gasteiger partial charge is 0.308 e. The van der Waals surface area contributed by atoms with Gasteiger partial charge in [0.05, 0.1) is 0 Å². The van der Waals surface area contributed by atoms with Crippen LogP contribution >= 0.6 is 27.3 Å². The van der Waals surface area contributed by atoms with Crippen molar-refractivity contribution >= 4 is 27.3 Å². The van der Waals surface area contributed by atoms with Crippen LogP contribution < -0.4 is 5.32 Å². The van der Waals surface area contributed by atoms with Crippen molar-refractivity contribution < 1.29 is 0 Å². The van der Waals surface area contributed by atoms with Gasteiger partial charge in [-0.3, -0.25) is 0 Å². The number of hydrogen-bond donors (Lipinski definition) is 1. The van der Waals surface area contributed by atoms with Gasteiger partial charge in [-0.05, 0) is 52.5 Å². The van der Waals surface area contributed by atoms with Crippen molar-refractivity contribution in [3.63, 3.8) is 0 Å². The molecule has 1 heterocycles. The Labute approximate surface area is 115 Å². The van der Waals surface area contributed by atoms with E-state index in [2.05, 4.69) is 64.7 Å². The molecule has 1 N–H and O–H groups in total. The summed E-state index contributed by atoms with van der Waals surface area (Å²) in [6.45, 7) is 6.22. The third kappa shape index (κ3) is 3.41. The van der Waals surface area contributed by atoms with E-state index in [4.69, 9.17) is 0 Å². The van der Waals surface area contributed by atoms with E-state index in [0.717, 1.165) is 13.1 Å². The summed E-state index contributed by atoms with van der Waals surface area (Å²) in [6, 6.07) is 8.65. The first-order valence-corrected chi connectivity index (χ1v) is 7.33. The van der Waals surface area contributed by atoms with Gasteiger partial charge in [0.25, 0.3) is 0 Å². The molecule has 0 fully saturated rings. The van der Waals surface area contributed by atoms with Crippen molar-refractivity contribution in [2.45, 2.75) is 26.9 Å². The van der Waals surface area contributed by atoms with Gasteiger partial charge in [0.15, 0.2) is 0 Å². The highest BCUT2D eigenvalue weighted by Crippen LogP contribution is 2.19. The molecular formula is C14H16BrNS. The van der Waals surface area contributed by atoms with E-state index in [0.29, 0.717) is 0 Å². The third-order valence-electron chi connectivity index (χ3n) is 2.95. The van der Waals surface area contributed by atoms with Gasteiger partial charge in [-0.1, -0.05) is 18.2 Å². The molecule has 0 saturated heterocycles. The van der Waals surface area contributed by atoms with Crippen LogP contribution in [0.15, 0.2) is 34.1 Å². The highest BCUT2D eigenvalue weighted by molar-refractivity contribution is 9.10. The van der Waals surface area contributed by atoms with Crippen LogP contribution in [0.25, 0.3) is 0 Å². The molecule has 0 aliphatic rings. The average molecular weight is 310 g/mol. The van der Waals surface area contributed by atoms with Gasteiger partial charge in [-0.25, -0.2) is 0 Å². The van der Waals surface area contributed by atoms with Gasteiger partial charge in [0.1, 0.15) is 0 Å². The Hall–Kier alpha value is -0.640. The highest BCUT2D eigenvalue weighted by Gasteiger charge is 2.01. The lowest BCUT2D eigenvalue weighted by molar-refractivity contribution is 0.697. The van der Waals surface area contributed by atoms with E-state index in [1.807, 2.05) is 0 Å². The molecule has 0 spiro atoms. The normalized spacial score (nSPS) is 10.8. The molecule has 2 rings (SSSR count). The van der Waals surface area contributed by atoms with Crippen LogP contribution in [0.5, 0.6) is 0 Å². The van der Waals surface area contributed by atoms with Crippen LogP contribution in [0.4, 0.5) is 0 Å². The minimum absolute atomic E-state index is 0.934. The zero-order valence-electron chi connectivity index (χ0n) is 10.1. The highest BCUT2D eigenvalue weighted by atomic mass is 79.9. The molecule has 0 aliphatic carbocycles. The number of rotatable bonds is 4. The SMILES string of the molecule is Cc1cccc(CNCc2cc(Br)cs2)c1C. The Morgan fingerprint density at radius 3 is 2.76 bits per heavy atom. The molecule has 1 nitrogen and oxygen atoms in total. The summed E-state index contributed by atoms with van der Waals surface area (Å²) in [4.78, 5) is 1.36. The molecule has 90 valence electrons. The van der Waals surface area contributed by atoms with Crippen molar-refractivity contribution in [2.75, 3.05) is 0 Å². The lowest BCUT2D eigenvalue weighted by atomic mass is 10.0. The van der Waals surface area contributed by atoms with Crippen LogP contribution in [0.1, 0.15) is 21.6 Å². The monoisotopic (exact) mass is 309 g/mol. The molecular weight excluding hydrogens is 294 g/mol. The Morgan fingerprint density at radius 2 is 2.06 bits per heavy atom. The molecule has 17 heavy (non-hydrogen) atoms. The van der Waals surface area contributed by atoms with Crippen LogP contribution in [0.3, 0.4) is 0 Å². The molecule has 1 aromatic carbocycles. The third-order valence-corrected chi connectivity index (χ3v) is 4.65. The van der Waals surface area contributed by atoms with Crippen LogP contribution in [0, 0.1) is 13.8 Å². The van der Waals surface area contributed by atoms with E-state index >= 15 is 0 Å². The van der Waals surface area contributed by atoms with Crippen molar-refractivity contribution in [1.82, 2.24) is 5.32 Å². The molecule has 0 unspecified atom stereocenters. The van der Waals surface area contributed by atoms with Gasteiger partial charge in [0, 0.05) is 27.8 Å². The van der Waals surface area contributed by atoms with Crippen molar-refractivity contribution in [3.05, 3.63) is 55.7 Å². The predicted octanol–water partition coefficient (Wildman–Crippen LogP) is 4.42. The van der Waals surface area contributed by atoms with Crippen LogP contribution in [0.2, 0.25) is 0 Å². The maximum absolute atomic E-state index is 3.49. The summed E-state index contributed by atoms with van der Waals surface area (Å²) in [7, 11) is 0. The molecule has 0 radical (unpaired) electrons. The maximum atomic E-state index is 3.49. The van der Waals surface area contributed by atoms with Crippen LogP contribution in [-0.2, 0) is 13.1 Å². The summed E-state index contributed by atoms with van der Waals surface area (Å²) in [5.74, 6) is 0. The number of thiophene rings is 1. The van der Waals surface area contributed by atoms with Gasteiger partial charge < -0.3 is 5.32 Å². The molecule has 2 aromatic rings. The maximum Gasteiger partial charge on any atom is 0.0303 e. The molecule has 0 bridgehead atoms. The fraction of sp³-hybridized carbons (Fsp3) is 0.286. The molecule has 0 aliphatic heterocycles. The Balaban J connectivity index is 1.92. The van der Waals surface area contributed by atoms with E-state index in [9.17, 15) is 0 Å². The zero-order chi connectivity index (χ0) is 12.3. The summed E-state index contributed by atoms with van der Waals surface area (Å²) in [6.07, 6.45) is 0. The zero-order valence-corrected chi connectivity index (χ0v) is 12.5. The number of benzene rings is 1. The van der Waals surface area contributed by atoms with E-state index in [1.54, 1.807) is 11.3 Å². The number of nitrogens with one attached hydrogen (secondary N) is 1. The topological polar surface area (TPSA) is 12.0 Å². The first kappa shape index (κ1) is 12.8. The average Bonchev–Trinajstić information content (AvgIpc) is 2.70. The minimum atomic E-state index is 0.934. The van der Waals surface area contributed by atoms with Crippen molar-refractivity contribution in [1.29, 1.82) is 0 Å². The van der Waals surface area contributed by atoms with E-state index in [1.165, 1.54) is 26.0 Å². The number of halogens is 1. The van der Waals surface area contributed by atoms with Crippen molar-refractivity contribution in [3.8, 4) is 0 Å². The Kier molecular flexibility index (Phi) is 4.37. The molecule has 3 heteroatoms. The fourth-order valence-electron chi connectivity index (χ4n) is 1.77. The van der Waals surface area contributed by atoms with E-state index < -0.39 is 0 Å². The molecule has 1 aromatic heterocycles. The van der Waals surface area contributed by atoms with Gasteiger partial charge in [-0.15, -0.1) is 11.3 Å². The van der Waals surface area contributed by atoms with E-state index in [-0.39, 0.29) is 0 Å². The van der Waals surface area contributed by atoms with Gasteiger partial charge in [-0.2, -0.15) is 0 Å². The lowest BCUT2D eigenvalue weighted by Crippen LogP contribution is -2.12. The van der Waals surface area contributed by atoms with Gasteiger partial charge in [0.2, 0.25) is 0 Å². The summed E-state index contributed by atoms with van der Waals surface area (Å²) in [5, 5.41) is 5.61. The molecule has 0 atom stereocenters. The molecule has 0 amide bonds. The smallest absolute Gasteiger partial charge is 0.0303 e. The van der Waals surface area contributed by atoms with Crippen molar-refractivity contribution in [2.24, 2.45) is 0 Å². The Morgan fingerprint density at radius 1 is 1.24 bits per heavy atom. The lowest BCUT2D eigenvalue weighted by Gasteiger charge is -2.09. The summed E-state index contributed by atoms with van der Waals surface area (Å²) >= 11 is 5.26.